The summed E-state index contributed by atoms with van der Waals surface area (Å²) in [5.74, 6) is 0. The molecule has 1 aliphatic carbocycles. The number of rotatable bonds is 1. The highest BCUT2D eigenvalue weighted by molar-refractivity contribution is 4.65. The van der Waals surface area contributed by atoms with Crippen LogP contribution in [0.15, 0.2) is 0 Å². The van der Waals surface area contributed by atoms with Gasteiger partial charge in [0.1, 0.15) is 0 Å². The van der Waals surface area contributed by atoms with E-state index in [9.17, 15) is 0 Å². The molecule has 0 unspecified atom stereocenters. The molecule has 0 spiro atoms. The summed E-state index contributed by atoms with van der Waals surface area (Å²) in [5.41, 5.74) is 0. The van der Waals surface area contributed by atoms with Crippen molar-refractivity contribution in [3.05, 3.63) is 0 Å². The second-order valence-electron chi connectivity index (χ2n) is 5.10. The van der Waals surface area contributed by atoms with Gasteiger partial charge in [-0.25, -0.2) is 0 Å². The minimum Gasteiger partial charge on any atom is -0.317 e. The summed E-state index contributed by atoms with van der Waals surface area (Å²) in [7, 11) is 2.13. The van der Waals surface area contributed by atoms with Gasteiger partial charge in [0.2, 0.25) is 0 Å². The van der Waals surface area contributed by atoms with Gasteiger partial charge in [0.25, 0.3) is 0 Å². The van der Waals surface area contributed by atoms with Gasteiger partial charge in [0.15, 0.2) is 0 Å². The lowest BCUT2D eigenvalue weighted by atomic mass is 10.0. The average Bonchev–Trinajstić information content (AvgIpc) is 2.41. The van der Waals surface area contributed by atoms with E-state index < -0.39 is 0 Å². The minimum absolute atomic E-state index is 0.797. The molecule has 0 aromatic rings. The van der Waals surface area contributed by atoms with Gasteiger partial charge in [-0.2, -0.15) is 0 Å². The molecule has 0 amide bonds. The Bertz CT molecular complexity index is 119. The van der Waals surface area contributed by atoms with Gasteiger partial charge in [-0.3, -0.25) is 0 Å². The van der Waals surface area contributed by atoms with Crippen LogP contribution in [0.3, 0.4) is 0 Å². The molecule has 0 aliphatic heterocycles. The molecule has 0 radical (unpaired) electrons. The third kappa shape index (κ3) is 10.8. The van der Waals surface area contributed by atoms with Gasteiger partial charge >= 0.3 is 0 Å². The molecule has 1 aliphatic rings. The second kappa shape index (κ2) is 14.0. The summed E-state index contributed by atoms with van der Waals surface area (Å²) < 4.78 is 0. The van der Waals surface area contributed by atoms with E-state index in [2.05, 4.69) is 12.4 Å². The molecule has 1 nitrogen and oxygen atoms in total. The first-order valence-electron chi connectivity index (χ1n) is 8.11. The first-order valence-corrected chi connectivity index (χ1v) is 8.11. The Balaban J connectivity index is 0.00000121. The van der Waals surface area contributed by atoms with E-state index >= 15 is 0 Å². The lowest BCUT2D eigenvalue weighted by molar-refractivity contribution is 0.443. The molecule has 0 aromatic heterocycles. The maximum absolute atomic E-state index is 3.47. The van der Waals surface area contributed by atoms with E-state index in [1.165, 1.54) is 77.0 Å². The molecule has 0 heterocycles. The van der Waals surface area contributed by atoms with Crippen LogP contribution >= 0.6 is 0 Å². The summed E-state index contributed by atoms with van der Waals surface area (Å²) in [6.45, 7) is 4.00. The Hall–Kier alpha value is -0.0400. The molecule has 1 rings (SSSR count). The van der Waals surface area contributed by atoms with Crippen LogP contribution in [0.25, 0.3) is 0 Å². The van der Waals surface area contributed by atoms with Crippen LogP contribution in [0, 0.1) is 0 Å². The summed E-state index contributed by atoms with van der Waals surface area (Å²) in [6.07, 6.45) is 17.4. The second-order valence-corrected chi connectivity index (χ2v) is 5.10. The van der Waals surface area contributed by atoms with Crippen molar-refractivity contribution >= 4 is 0 Å². The summed E-state index contributed by atoms with van der Waals surface area (Å²) in [4.78, 5) is 0. The monoisotopic (exact) mass is 241 g/mol. The molecule has 1 N–H and O–H groups in total. The highest BCUT2D eigenvalue weighted by Crippen LogP contribution is 2.16. The van der Waals surface area contributed by atoms with E-state index in [1.807, 2.05) is 13.8 Å². The minimum atomic E-state index is 0.797. The molecule has 17 heavy (non-hydrogen) atoms. The van der Waals surface area contributed by atoms with Gasteiger partial charge < -0.3 is 5.32 Å². The fraction of sp³-hybridized carbons (Fsp3) is 1.00. The zero-order valence-corrected chi connectivity index (χ0v) is 12.6. The van der Waals surface area contributed by atoms with Crippen molar-refractivity contribution in [3.8, 4) is 0 Å². The molecule has 1 saturated carbocycles. The smallest absolute Gasteiger partial charge is 0.00640 e. The fourth-order valence-corrected chi connectivity index (χ4v) is 2.63. The van der Waals surface area contributed by atoms with Crippen LogP contribution in [0.5, 0.6) is 0 Å². The zero-order valence-electron chi connectivity index (χ0n) is 12.6. The fourth-order valence-electron chi connectivity index (χ4n) is 2.63. The molecule has 0 saturated heterocycles. The van der Waals surface area contributed by atoms with E-state index in [4.69, 9.17) is 0 Å². The normalized spacial score (nSPS) is 21.4. The zero-order chi connectivity index (χ0) is 12.8. The third-order valence-corrected chi connectivity index (χ3v) is 3.76. The van der Waals surface area contributed by atoms with Crippen LogP contribution in [-0.2, 0) is 0 Å². The van der Waals surface area contributed by atoms with Crippen molar-refractivity contribution in [2.45, 2.75) is 96.9 Å². The van der Waals surface area contributed by atoms with Crippen molar-refractivity contribution in [1.82, 2.24) is 5.32 Å². The van der Waals surface area contributed by atoms with Gasteiger partial charge in [-0.05, 0) is 19.9 Å². The maximum atomic E-state index is 3.47. The topological polar surface area (TPSA) is 12.0 Å². The summed E-state index contributed by atoms with van der Waals surface area (Å²) >= 11 is 0. The van der Waals surface area contributed by atoms with Crippen molar-refractivity contribution in [3.63, 3.8) is 0 Å². The molecule has 1 fully saturated rings. The number of hydrogen-bond donors (Lipinski definition) is 1. The van der Waals surface area contributed by atoms with Crippen LogP contribution in [0.1, 0.15) is 90.9 Å². The van der Waals surface area contributed by atoms with E-state index in [1.54, 1.807) is 0 Å². The van der Waals surface area contributed by atoms with Crippen molar-refractivity contribution in [2.75, 3.05) is 7.05 Å². The van der Waals surface area contributed by atoms with Gasteiger partial charge in [-0.1, -0.05) is 78.1 Å². The highest BCUT2D eigenvalue weighted by atomic mass is 14.9. The van der Waals surface area contributed by atoms with Crippen LogP contribution in [-0.4, -0.2) is 13.1 Å². The van der Waals surface area contributed by atoms with Crippen LogP contribution < -0.4 is 5.32 Å². The molecule has 104 valence electrons. The molecule has 0 atom stereocenters. The summed E-state index contributed by atoms with van der Waals surface area (Å²) in [6, 6.07) is 0.797. The molecular weight excluding hydrogens is 206 g/mol. The largest absolute Gasteiger partial charge is 0.317 e. The van der Waals surface area contributed by atoms with Gasteiger partial charge in [-0.15, -0.1) is 0 Å². The van der Waals surface area contributed by atoms with Crippen molar-refractivity contribution in [2.24, 2.45) is 0 Å². The number of nitrogens with one attached hydrogen (secondary N) is 1. The molecule has 0 aromatic carbocycles. The first kappa shape index (κ1) is 17.0. The predicted octanol–water partition coefficient (Wildman–Crippen LogP) is 5.30. The van der Waals surface area contributed by atoms with Crippen molar-refractivity contribution in [1.29, 1.82) is 0 Å². The van der Waals surface area contributed by atoms with E-state index in [0.717, 1.165) is 6.04 Å². The van der Waals surface area contributed by atoms with E-state index in [0.29, 0.717) is 0 Å². The Labute approximate surface area is 110 Å². The first-order chi connectivity index (χ1) is 8.43. The quantitative estimate of drug-likeness (QED) is 0.657. The van der Waals surface area contributed by atoms with E-state index in [-0.39, 0.29) is 0 Å². The third-order valence-electron chi connectivity index (χ3n) is 3.76. The lowest BCUT2D eigenvalue weighted by Gasteiger charge is -2.15. The van der Waals surface area contributed by atoms with Crippen molar-refractivity contribution < 1.29 is 0 Å². The lowest BCUT2D eigenvalue weighted by Crippen LogP contribution is -2.24. The molecule has 0 bridgehead atoms. The van der Waals surface area contributed by atoms with Gasteiger partial charge in [0, 0.05) is 6.04 Å². The Kier molecular flexibility index (Phi) is 14.0. The highest BCUT2D eigenvalue weighted by Gasteiger charge is 2.05. The number of hydrogen-bond acceptors (Lipinski definition) is 1. The Morgan fingerprint density at radius 3 is 1.18 bits per heavy atom. The Morgan fingerprint density at radius 1 is 0.588 bits per heavy atom. The standard InChI is InChI=1S/C14H29N.C2H6/c1-15-14-12-10-8-6-4-2-3-5-7-9-11-13-14;1-2/h14-15H,2-13H2,1H3;1-2H3. The maximum Gasteiger partial charge on any atom is 0.00640 e. The molecule has 1 heteroatoms. The van der Waals surface area contributed by atoms with Gasteiger partial charge in [0.05, 0.1) is 0 Å². The average molecular weight is 241 g/mol. The van der Waals surface area contributed by atoms with Crippen LogP contribution in [0.2, 0.25) is 0 Å². The SMILES string of the molecule is CC.CNC1CCCCCCCCCCCC1. The molecular formula is C16H35N. The summed E-state index contributed by atoms with van der Waals surface area (Å²) in [5, 5.41) is 3.47. The van der Waals surface area contributed by atoms with Crippen LogP contribution in [0.4, 0.5) is 0 Å². The predicted molar refractivity (Wildman–Crippen MR) is 79.6 cm³/mol. The Morgan fingerprint density at radius 2 is 0.882 bits per heavy atom.